The van der Waals surface area contributed by atoms with Gasteiger partial charge in [-0.3, -0.25) is 0 Å². The standard InChI is InChI=1S/C13H22N4/c1-3-6-12-15-11(14)9-13(16-12)17-8-5-4-7-10(17)2/h9-10H,3-8H2,1-2H3,(H2,14,15,16). The second kappa shape index (κ2) is 5.34. The van der Waals surface area contributed by atoms with E-state index in [9.17, 15) is 0 Å². The van der Waals surface area contributed by atoms with Gasteiger partial charge in [-0.1, -0.05) is 6.92 Å². The molecule has 2 rings (SSSR count). The molecule has 1 saturated heterocycles. The third-order valence-corrected chi connectivity index (χ3v) is 3.35. The number of nitrogen functional groups attached to an aromatic ring is 1. The highest BCUT2D eigenvalue weighted by atomic mass is 15.2. The highest BCUT2D eigenvalue weighted by molar-refractivity contribution is 5.48. The van der Waals surface area contributed by atoms with Crippen molar-refractivity contribution in [2.45, 2.75) is 52.0 Å². The van der Waals surface area contributed by atoms with Crippen LogP contribution >= 0.6 is 0 Å². The van der Waals surface area contributed by atoms with Gasteiger partial charge < -0.3 is 10.6 Å². The van der Waals surface area contributed by atoms with Crippen LogP contribution in [0.15, 0.2) is 6.07 Å². The number of hydrogen-bond acceptors (Lipinski definition) is 4. The molecule has 2 N–H and O–H groups in total. The minimum atomic E-state index is 0.563. The van der Waals surface area contributed by atoms with Crippen LogP contribution in [-0.4, -0.2) is 22.6 Å². The third kappa shape index (κ3) is 2.87. The van der Waals surface area contributed by atoms with Crippen LogP contribution in [0, 0.1) is 0 Å². The first-order chi connectivity index (χ1) is 8.20. The van der Waals surface area contributed by atoms with E-state index in [1.165, 1.54) is 19.3 Å². The number of anilines is 2. The number of hydrogen-bond donors (Lipinski definition) is 1. The Hall–Kier alpha value is -1.32. The lowest BCUT2D eigenvalue weighted by Crippen LogP contribution is -2.38. The maximum absolute atomic E-state index is 5.86. The van der Waals surface area contributed by atoms with E-state index in [4.69, 9.17) is 5.73 Å². The zero-order valence-corrected chi connectivity index (χ0v) is 10.8. The van der Waals surface area contributed by atoms with Crippen LogP contribution in [0.2, 0.25) is 0 Å². The lowest BCUT2D eigenvalue weighted by Gasteiger charge is -2.34. The van der Waals surface area contributed by atoms with Crippen LogP contribution in [0.25, 0.3) is 0 Å². The van der Waals surface area contributed by atoms with Crippen LogP contribution in [-0.2, 0) is 6.42 Å². The molecule has 2 heterocycles. The van der Waals surface area contributed by atoms with Crippen LogP contribution in [0.5, 0.6) is 0 Å². The third-order valence-electron chi connectivity index (χ3n) is 3.35. The van der Waals surface area contributed by atoms with E-state index in [1.54, 1.807) is 0 Å². The van der Waals surface area contributed by atoms with Gasteiger partial charge in [0.25, 0.3) is 0 Å². The summed E-state index contributed by atoms with van der Waals surface area (Å²) < 4.78 is 0. The second-order valence-electron chi connectivity index (χ2n) is 4.86. The second-order valence-corrected chi connectivity index (χ2v) is 4.86. The maximum atomic E-state index is 5.86. The monoisotopic (exact) mass is 234 g/mol. The number of aromatic nitrogens is 2. The number of piperidine rings is 1. The van der Waals surface area contributed by atoms with Gasteiger partial charge in [0.15, 0.2) is 0 Å². The Morgan fingerprint density at radius 3 is 2.94 bits per heavy atom. The molecule has 1 aliphatic rings. The van der Waals surface area contributed by atoms with Crippen LogP contribution < -0.4 is 10.6 Å². The predicted molar refractivity (Wildman–Crippen MR) is 71.1 cm³/mol. The molecular formula is C13H22N4. The lowest BCUT2D eigenvalue weighted by atomic mass is 10.0. The van der Waals surface area contributed by atoms with Crippen molar-refractivity contribution in [3.63, 3.8) is 0 Å². The molecule has 4 nitrogen and oxygen atoms in total. The minimum Gasteiger partial charge on any atom is -0.384 e. The number of nitrogens with zero attached hydrogens (tertiary/aromatic N) is 3. The fourth-order valence-electron chi connectivity index (χ4n) is 2.42. The van der Waals surface area contributed by atoms with Crippen molar-refractivity contribution in [2.24, 2.45) is 0 Å². The van der Waals surface area contributed by atoms with E-state index in [0.29, 0.717) is 11.9 Å². The van der Waals surface area contributed by atoms with Gasteiger partial charge in [0.05, 0.1) is 0 Å². The molecule has 0 aliphatic carbocycles. The summed E-state index contributed by atoms with van der Waals surface area (Å²) in [5.41, 5.74) is 5.86. The van der Waals surface area contributed by atoms with E-state index in [0.717, 1.165) is 31.0 Å². The summed E-state index contributed by atoms with van der Waals surface area (Å²) in [4.78, 5) is 11.3. The summed E-state index contributed by atoms with van der Waals surface area (Å²) in [6.45, 7) is 5.48. The predicted octanol–water partition coefficient (Wildman–Crippen LogP) is 2.39. The number of rotatable bonds is 3. The van der Waals surface area contributed by atoms with Crippen LogP contribution in [0.3, 0.4) is 0 Å². The number of nitrogens with two attached hydrogens (primary N) is 1. The molecule has 1 aromatic heterocycles. The largest absolute Gasteiger partial charge is 0.384 e. The SMILES string of the molecule is CCCc1nc(N)cc(N2CCCCC2C)n1. The Bertz CT molecular complexity index is 378. The molecule has 0 radical (unpaired) electrons. The van der Waals surface area contributed by atoms with Crippen molar-refractivity contribution < 1.29 is 0 Å². The van der Waals surface area contributed by atoms with Gasteiger partial charge in [-0.25, -0.2) is 9.97 Å². The smallest absolute Gasteiger partial charge is 0.134 e. The quantitative estimate of drug-likeness (QED) is 0.872. The average molecular weight is 234 g/mol. The van der Waals surface area contributed by atoms with Gasteiger partial charge in [-0.2, -0.15) is 0 Å². The van der Waals surface area contributed by atoms with E-state index < -0.39 is 0 Å². The zero-order valence-electron chi connectivity index (χ0n) is 10.8. The zero-order chi connectivity index (χ0) is 12.3. The van der Waals surface area contributed by atoms with E-state index in [1.807, 2.05) is 6.07 Å². The van der Waals surface area contributed by atoms with Gasteiger partial charge in [-0.15, -0.1) is 0 Å². The molecule has 1 aliphatic heterocycles. The van der Waals surface area contributed by atoms with E-state index in [2.05, 4.69) is 28.7 Å². The summed E-state index contributed by atoms with van der Waals surface area (Å²) in [5.74, 6) is 2.48. The molecule has 94 valence electrons. The first-order valence-corrected chi connectivity index (χ1v) is 6.60. The average Bonchev–Trinajstić information content (AvgIpc) is 2.29. The lowest BCUT2D eigenvalue weighted by molar-refractivity contribution is 0.480. The van der Waals surface area contributed by atoms with E-state index in [-0.39, 0.29) is 0 Å². The Labute approximate surface area is 103 Å². The Morgan fingerprint density at radius 1 is 1.41 bits per heavy atom. The van der Waals surface area contributed by atoms with Gasteiger partial charge in [-0.05, 0) is 32.6 Å². The first kappa shape index (κ1) is 12.1. The molecule has 4 heteroatoms. The van der Waals surface area contributed by atoms with Crippen LogP contribution in [0.4, 0.5) is 11.6 Å². The molecule has 17 heavy (non-hydrogen) atoms. The molecule has 0 aromatic carbocycles. The van der Waals surface area contributed by atoms with Gasteiger partial charge in [0, 0.05) is 25.1 Å². The Morgan fingerprint density at radius 2 is 2.24 bits per heavy atom. The topological polar surface area (TPSA) is 55.0 Å². The minimum absolute atomic E-state index is 0.563. The van der Waals surface area contributed by atoms with Crippen molar-refractivity contribution in [2.75, 3.05) is 17.2 Å². The van der Waals surface area contributed by atoms with Gasteiger partial charge in [0.2, 0.25) is 0 Å². The highest BCUT2D eigenvalue weighted by Gasteiger charge is 2.20. The molecule has 0 spiro atoms. The van der Waals surface area contributed by atoms with Crippen molar-refractivity contribution in [3.8, 4) is 0 Å². The highest BCUT2D eigenvalue weighted by Crippen LogP contribution is 2.24. The van der Waals surface area contributed by atoms with Crippen molar-refractivity contribution in [1.29, 1.82) is 0 Å². The molecule has 1 unspecified atom stereocenters. The fourth-order valence-corrected chi connectivity index (χ4v) is 2.42. The van der Waals surface area contributed by atoms with Crippen molar-refractivity contribution in [1.82, 2.24) is 9.97 Å². The number of aryl methyl sites for hydroxylation is 1. The van der Waals surface area contributed by atoms with Gasteiger partial charge in [0.1, 0.15) is 17.5 Å². The van der Waals surface area contributed by atoms with Crippen molar-refractivity contribution >= 4 is 11.6 Å². The van der Waals surface area contributed by atoms with Crippen LogP contribution in [0.1, 0.15) is 45.4 Å². The van der Waals surface area contributed by atoms with Gasteiger partial charge >= 0.3 is 0 Å². The summed E-state index contributed by atoms with van der Waals surface area (Å²) in [5, 5.41) is 0. The fraction of sp³-hybridized carbons (Fsp3) is 0.692. The summed E-state index contributed by atoms with van der Waals surface area (Å²) in [6, 6.07) is 2.47. The molecule has 1 atom stereocenters. The summed E-state index contributed by atoms with van der Waals surface area (Å²) >= 11 is 0. The Balaban J connectivity index is 2.24. The first-order valence-electron chi connectivity index (χ1n) is 6.60. The molecular weight excluding hydrogens is 212 g/mol. The normalized spacial score (nSPS) is 20.6. The van der Waals surface area contributed by atoms with Crippen molar-refractivity contribution in [3.05, 3.63) is 11.9 Å². The molecule has 0 saturated carbocycles. The summed E-state index contributed by atoms with van der Waals surface area (Å²) in [7, 11) is 0. The molecule has 1 aromatic rings. The molecule has 0 amide bonds. The molecule has 0 bridgehead atoms. The maximum Gasteiger partial charge on any atom is 0.134 e. The molecule has 1 fully saturated rings. The summed E-state index contributed by atoms with van der Waals surface area (Å²) in [6.07, 6.45) is 5.77. The van der Waals surface area contributed by atoms with E-state index >= 15 is 0 Å². The Kier molecular flexibility index (Phi) is 3.82.